The molecule has 3 heteroatoms. The maximum absolute atomic E-state index is 11.6. The summed E-state index contributed by atoms with van der Waals surface area (Å²) in [7, 11) is 0. The molecule has 0 radical (unpaired) electrons. The van der Waals surface area contributed by atoms with Crippen molar-refractivity contribution in [2.45, 2.75) is 12.5 Å². The van der Waals surface area contributed by atoms with Gasteiger partial charge in [-0.05, 0) is 6.42 Å². The molecule has 1 fully saturated rings. The van der Waals surface area contributed by atoms with E-state index in [1.165, 1.54) is 0 Å². The molecule has 1 N–H and O–H groups in total. The smallest absolute Gasteiger partial charge is 0.102 e. The Morgan fingerprint density at radius 1 is 1.67 bits per heavy atom. The third kappa shape index (κ3) is 1.91. The van der Waals surface area contributed by atoms with Gasteiger partial charge in [-0.25, -0.2) is 4.39 Å². The summed E-state index contributed by atoms with van der Waals surface area (Å²) >= 11 is 0. The highest BCUT2D eigenvalue weighted by molar-refractivity contribution is 4.73. The zero-order chi connectivity index (χ0) is 6.69. The predicted octanol–water partition coefficient (Wildman–Crippen LogP) is 0.0225. The standard InChI is InChI=1S/C6H12FNO/c7-2-4-8-3-1-6(9)5-8/h6,9H,1-5H2/t6-/m1/s1. The molecule has 0 aromatic carbocycles. The summed E-state index contributed by atoms with van der Waals surface area (Å²) in [5.41, 5.74) is 0. The third-order valence-corrected chi connectivity index (χ3v) is 1.65. The highest BCUT2D eigenvalue weighted by Crippen LogP contribution is 2.07. The van der Waals surface area contributed by atoms with Crippen molar-refractivity contribution in [2.75, 3.05) is 26.3 Å². The van der Waals surface area contributed by atoms with Crippen LogP contribution in [0.25, 0.3) is 0 Å². The molecule has 2 nitrogen and oxygen atoms in total. The summed E-state index contributed by atoms with van der Waals surface area (Å²) in [5.74, 6) is 0. The van der Waals surface area contributed by atoms with Crippen molar-refractivity contribution in [2.24, 2.45) is 0 Å². The van der Waals surface area contributed by atoms with Gasteiger partial charge >= 0.3 is 0 Å². The van der Waals surface area contributed by atoms with Crippen molar-refractivity contribution in [1.29, 1.82) is 0 Å². The van der Waals surface area contributed by atoms with Crippen LogP contribution in [0, 0.1) is 0 Å². The second-order valence-corrected chi connectivity index (χ2v) is 2.43. The molecule has 0 spiro atoms. The van der Waals surface area contributed by atoms with E-state index in [0.29, 0.717) is 13.1 Å². The lowest BCUT2D eigenvalue weighted by Crippen LogP contribution is -2.24. The Hall–Kier alpha value is -0.150. The molecule has 54 valence electrons. The van der Waals surface area contributed by atoms with E-state index in [4.69, 9.17) is 5.11 Å². The number of rotatable bonds is 2. The Morgan fingerprint density at radius 2 is 2.44 bits per heavy atom. The molecular weight excluding hydrogens is 121 g/mol. The molecule has 0 amide bonds. The van der Waals surface area contributed by atoms with Crippen molar-refractivity contribution >= 4 is 0 Å². The number of nitrogens with zero attached hydrogens (tertiary/aromatic N) is 1. The van der Waals surface area contributed by atoms with Crippen LogP contribution in [0.2, 0.25) is 0 Å². The summed E-state index contributed by atoms with van der Waals surface area (Å²) in [6.07, 6.45) is 0.594. The van der Waals surface area contributed by atoms with Gasteiger partial charge in [-0.3, -0.25) is 4.90 Å². The van der Waals surface area contributed by atoms with Crippen LogP contribution in [-0.4, -0.2) is 42.4 Å². The van der Waals surface area contributed by atoms with Gasteiger partial charge in [0.25, 0.3) is 0 Å². The topological polar surface area (TPSA) is 23.5 Å². The highest BCUT2D eigenvalue weighted by atomic mass is 19.1. The van der Waals surface area contributed by atoms with E-state index >= 15 is 0 Å². The first-order valence-electron chi connectivity index (χ1n) is 3.29. The molecule has 1 aliphatic rings. The second-order valence-electron chi connectivity index (χ2n) is 2.43. The lowest BCUT2D eigenvalue weighted by Gasteiger charge is -2.10. The summed E-state index contributed by atoms with van der Waals surface area (Å²) in [5, 5.41) is 8.96. The van der Waals surface area contributed by atoms with Crippen LogP contribution in [0.3, 0.4) is 0 Å². The molecule has 0 aliphatic carbocycles. The van der Waals surface area contributed by atoms with Gasteiger partial charge in [0.2, 0.25) is 0 Å². The van der Waals surface area contributed by atoms with Crippen LogP contribution in [0.4, 0.5) is 4.39 Å². The number of aliphatic hydroxyl groups excluding tert-OH is 1. The predicted molar refractivity (Wildman–Crippen MR) is 33.0 cm³/mol. The van der Waals surface area contributed by atoms with Crippen molar-refractivity contribution < 1.29 is 9.50 Å². The van der Waals surface area contributed by atoms with Gasteiger partial charge in [-0.15, -0.1) is 0 Å². The molecule has 9 heavy (non-hydrogen) atoms. The van der Waals surface area contributed by atoms with Crippen LogP contribution in [0.1, 0.15) is 6.42 Å². The largest absolute Gasteiger partial charge is 0.392 e. The molecule has 1 saturated heterocycles. The highest BCUT2D eigenvalue weighted by Gasteiger charge is 2.18. The molecule has 1 aliphatic heterocycles. The lowest BCUT2D eigenvalue weighted by molar-refractivity contribution is 0.173. The molecule has 0 bridgehead atoms. The quantitative estimate of drug-likeness (QED) is 0.574. The SMILES string of the molecule is O[C@@H]1CCN(CCF)C1. The maximum atomic E-state index is 11.6. The van der Waals surface area contributed by atoms with Crippen molar-refractivity contribution in [3.63, 3.8) is 0 Å². The van der Waals surface area contributed by atoms with Crippen LogP contribution in [0.15, 0.2) is 0 Å². The number of halogens is 1. The minimum absolute atomic E-state index is 0.212. The Balaban J connectivity index is 2.14. The van der Waals surface area contributed by atoms with Crippen LogP contribution >= 0.6 is 0 Å². The average Bonchev–Trinajstić information content (AvgIpc) is 2.17. The first-order valence-corrected chi connectivity index (χ1v) is 3.29. The van der Waals surface area contributed by atoms with Crippen LogP contribution in [-0.2, 0) is 0 Å². The zero-order valence-electron chi connectivity index (χ0n) is 5.39. The van der Waals surface area contributed by atoms with E-state index in [-0.39, 0.29) is 12.8 Å². The van der Waals surface area contributed by atoms with E-state index in [1.807, 2.05) is 4.90 Å². The van der Waals surface area contributed by atoms with Crippen molar-refractivity contribution in [3.8, 4) is 0 Å². The van der Waals surface area contributed by atoms with Crippen molar-refractivity contribution in [1.82, 2.24) is 4.90 Å². The van der Waals surface area contributed by atoms with Gasteiger partial charge in [0, 0.05) is 19.6 Å². The monoisotopic (exact) mass is 133 g/mol. The Labute approximate surface area is 54.3 Å². The fourth-order valence-electron chi connectivity index (χ4n) is 1.13. The lowest BCUT2D eigenvalue weighted by atomic mass is 10.3. The Bertz CT molecular complexity index is 87.1. The van der Waals surface area contributed by atoms with Crippen LogP contribution < -0.4 is 0 Å². The molecule has 0 aromatic rings. The van der Waals surface area contributed by atoms with Gasteiger partial charge in [0.1, 0.15) is 6.67 Å². The molecule has 1 atom stereocenters. The molecular formula is C6H12FNO. The Morgan fingerprint density at radius 3 is 2.89 bits per heavy atom. The van der Waals surface area contributed by atoms with Crippen LogP contribution in [0.5, 0.6) is 0 Å². The van der Waals surface area contributed by atoms with E-state index in [1.54, 1.807) is 0 Å². The van der Waals surface area contributed by atoms with Gasteiger partial charge in [0.05, 0.1) is 6.10 Å². The van der Waals surface area contributed by atoms with Gasteiger partial charge in [-0.1, -0.05) is 0 Å². The minimum Gasteiger partial charge on any atom is -0.392 e. The fraction of sp³-hybridized carbons (Fsp3) is 1.00. The van der Waals surface area contributed by atoms with Gasteiger partial charge in [-0.2, -0.15) is 0 Å². The van der Waals surface area contributed by atoms with Crippen molar-refractivity contribution in [3.05, 3.63) is 0 Å². The third-order valence-electron chi connectivity index (χ3n) is 1.65. The fourth-order valence-corrected chi connectivity index (χ4v) is 1.13. The summed E-state index contributed by atoms with van der Waals surface area (Å²) in [4.78, 5) is 1.94. The normalized spacial score (nSPS) is 29.3. The number of hydrogen-bond donors (Lipinski definition) is 1. The van der Waals surface area contributed by atoms with Gasteiger partial charge < -0.3 is 5.11 Å². The first kappa shape index (κ1) is 6.96. The summed E-state index contributed by atoms with van der Waals surface area (Å²) in [6, 6.07) is 0. The zero-order valence-corrected chi connectivity index (χ0v) is 5.39. The van der Waals surface area contributed by atoms with E-state index in [2.05, 4.69) is 0 Å². The van der Waals surface area contributed by atoms with E-state index < -0.39 is 0 Å². The molecule has 0 unspecified atom stereocenters. The number of β-amino-alcohol motifs (C(OH)–C–C–N with tert-alkyl or cyclic N) is 1. The number of alkyl halides is 1. The second kappa shape index (κ2) is 3.13. The molecule has 0 aromatic heterocycles. The van der Waals surface area contributed by atoms with E-state index in [0.717, 1.165) is 13.0 Å². The summed E-state index contributed by atoms with van der Waals surface area (Å²) < 4.78 is 11.6. The average molecular weight is 133 g/mol. The van der Waals surface area contributed by atoms with E-state index in [9.17, 15) is 4.39 Å². The molecule has 1 heterocycles. The maximum Gasteiger partial charge on any atom is 0.102 e. The molecule has 1 rings (SSSR count). The van der Waals surface area contributed by atoms with Gasteiger partial charge in [0.15, 0.2) is 0 Å². The summed E-state index contributed by atoms with van der Waals surface area (Å²) in [6.45, 7) is 1.69. The number of aliphatic hydroxyl groups is 1. The molecule has 0 saturated carbocycles. The number of hydrogen-bond acceptors (Lipinski definition) is 2. The Kier molecular flexibility index (Phi) is 2.42. The first-order chi connectivity index (χ1) is 4.33. The minimum atomic E-state index is -0.299. The number of likely N-dealkylation sites (tertiary alicyclic amines) is 1.